The van der Waals surface area contributed by atoms with Crippen LogP contribution in [-0.4, -0.2) is 23.6 Å². The minimum absolute atomic E-state index is 0.0937. The van der Waals surface area contributed by atoms with Crippen LogP contribution in [0.4, 0.5) is 0 Å². The van der Waals surface area contributed by atoms with E-state index in [1.54, 1.807) is 6.92 Å². The third-order valence-corrected chi connectivity index (χ3v) is 2.00. The molecular weight excluding hydrogens is 259 g/mol. The Morgan fingerprint density at radius 1 is 1.40 bits per heavy atom. The molecule has 6 heteroatoms. The number of carbonyl (C=O) groups excluding carboxylic acids is 2. The van der Waals surface area contributed by atoms with Crippen LogP contribution in [0, 0.1) is 0 Å². The van der Waals surface area contributed by atoms with Crippen molar-refractivity contribution in [1.82, 2.24) is 0 Å². The van der Waals surface area contributed by atoms with E-state index in [1.165, 1.54) is 0 Å². The molecule has 0 aromatic heterocycles. The second kappa shape index (κ2) is 8.02. The van der Waals surface area contributed by atoms with Crippen molar-refractivity contribution in [1.29, 1.82) is 0 Å². The molecule has 86 valence electrons. The molecule has 0 bridgehead atoms. The van der Waals surface area contributed by atoms with Gasteiger partial charge in [-0.1, -0.05) is 23.2 Å². The highest BCUT2D eigenvalue weighted by Gasteiger charge is 2.13. The quantitative estimate of drug-likeness (QED) is 0.458. The van der Waals surface area contributed by atoms with E-state index in [-0.39, 0.29) is 34.3 Å². The first-order chi connectivity index (χ1) is 6.95. The van der Waals surface area contributed by atoms with Crippen molar-refractivity contribution < 1.29 is 14.3 Å². The zero-order valence-corrected chi connectivity index (χ0v) is 10.6. The van der Waals surface area contributed by atoms with Gasteiger partial charge in [0.05, 0.1) is 13.0 Å². The Morgan fingerprint density at radius 3 is 2.47 bits per heavy atom. The van der Waals surface area contributed by atoms with E-state index >= 15 is 0 Å². The fourth-order valence-electron chi connectivity index (χ4n) is 0.897. The summed E-state index contributed by atoms with van der Waals surface area (Å²) in [5.74, 6) is -0.634. The number of hydrogen-bond donors (Lipinski definition) is 1. The summed E-state index contributed by atoms with van der Waals surface area (Å²) in [5, 5.41) is -0.375. The summed E-state index contributed by atoms with van der Waals surface area (Å²) >= 11 is 14.7. The maximum absolute atomic E-state index is 11.2. The van der Waals surface area contributed by atoms with Crippen LogP contribution in [0.3, 0.4) is 0 Å². The van der Waals surface area contributed by atoms with Gasteiger partial charge in [0.25, 0.3) is 0 Å². The molecule has 0 rings (SSSR count). The van der Waals surface area contributed by atoms with E-state index in [9.17, 15) is 9.59 Å². The lowest BCUT2D eigenvalue weighted by Gasteiger charge is -2.07. The van der Waals surface area contributed by atoms with Crippen LogP contribution in [0.15, 0.2) is 10.6 Å². The normalized spacial score (nSPS) is 11.7. The molecule has 0 aromatic rings. The summed E-state index contributed by atoms with van der Waals surface area (Å²) in [6.45, 7) is 2.03. The molecule has 0 N–H and O–H groups in total. The first kappa shape index (κ1) is 14.8. The Balaban J connectivity index is 3.93. The molecule has 0 aliphatic rings. The van der Waals surface area contributed by atoms with Crippen LogP contribution in [0.25, 0.3) is 0 Å². The van der Waals surface area contributed by atoms with Crippen molar-refractivity contribution >= 4 is 47.6 Å². The van der Waals surface area contributed by atoms with Gasteiger partial charge in [-0.3, -0.25) is 9.59 Å². The molecule has 3 nitrogen and oxygen atoms in total. The number of allylic oxidation sites excluding steroid dienone is 1. The topological polar surface area (TPSA) is 43.4 Å². The van der Waals surface area contributed by atoms with E-state index in [4.69, 9.17) is 27.9 Å². The van der Waals surface area contributed by atoms with Gasteiger partial charge in [-0.05, 0) is 6.92 Å². The fraction of sp³-hybridized carbons (Fsp3) is 0.556. The first-order valence-corrected chi connectivity index (χ1v) is 5.62. The number of ether oxygens (including phenoxy) is 1. The van der Waals surface area contributed by atoms with Crippen LogP contribution in [-0.2, 0) is 14.3 Å². The SMILES string of the molecule is CCOC(=O)CC(S)CC(=O)C=C(Cl)Cl. The van der Waals surface area contributed by atoms with E-state index < -0.39 is 0 Å². The lowest BCUT2D eigenvalue weighted by atomic mass is 10.1. The highest BCUT2D eigenvalue weighted by Crippen LogP contribution is 2.12. The summed E-state index contributed by atoms with van der Waals surface area (Å²) < 4.78 is 4.61. The summed E-state index contributed by atoms with van der Waals surface area (Å²) in [7, 11) is 0. The summed E-state index contributed by atoms with van der Waals surface area (Å²) in [6.07, 6.45) is 1.29. The first-order valence-electron chi connectivity index (χ1n) is 4.35. The average molecular weight is 271 g/mol. The van der Waals surface area contributed by atoms with E-state index in [1.807, 2.05) is 0 Å². The second-order valence-electron chi connectivity index (χ2n) is 2.77. The molecule has 0 saturated heterocycles. The Morgan fingerprint density at radius 2 is 2.00 bits per heavy atom. The van der Waals surface area contributed by atoms with Gasteiger partial charge < -0.3 is 4.74 Å². The lowest BCUT2D eigenvalue weighted by Crippen LogP contribution is -2.14. The monoisotopic (exact) mass is 270 g/mol. The number of halogens is 2. The zero-order chi connectivity index (χ0) is 11.8. The number of ketones is 1. The molecular formula is C9H12Cl2O3S. The highest BCUT2D eigenvalue weighted by molar-refractivity contribution is 7.81. The molecule has 15 heavy (non-hydrogen) atoms. The molecule has 0 fully saturated rings. The van der Waals surface area contributed by atoms with Gasteiger partial charge in [0, 0.05) is 17.7 Å². The summed E-state index contributed by atoms with van der Waals surface area (Å²) in [5.41, 5.74) is 0. The minimum Gasteiger partial charge on any atom is -0.466 e. The Hall–Kier alpha value is -0.190. The predicted molar refractivity (Wildman–Crippen MR) is 63.4 cm³/mol. The van der Waals surface area contributed by atoms with Gasteiger partial charge in [0.15, 0.2) is 5.78 Å². The van der Waals surface area contributed by atoms with Gasteiger partial charge in [0.1, 0.15) is 4.49 Å². The number of esters is 1. The van der Waals surface area contributed by atoms with Crippen molar-refractivity contribution in [2.24, 2.45) is 0 Å². The number of carbonyl (C=O) groups is 2. The largest absolute Gasteiger partial charge is 0.466 e. The molecule has 0 radical (unpaired) electrons. The maximum Gasteiger partial charge on any atom is 0.306 e. The van der Waals surface area contributed by atoms with Crippen LogP contribution in [0.2, 0.25) is 0 Å². The molecule has 0 saturated carbocycles. The predicted octanol–water partition coefficient (Wildman–Crippen LogP) is 2.52. The Kier molecular flexibility index (Phi) is 7.92. The van der Waals surface area contributed by atoms with Crippen LogP contribution >= 0.6 is 35.8 Å². The second-order valence-corrected chi connectivity index (χ2v) is 4.51. The fourth-order valence-corrected chi connectivity index (χ4v) is 1.47. The molecule has 0 spiro atoms. The van der Waals surface area contributed by atoms with E-state index in [2.05, 4.69) is 12.6 Å². The number of hydrogen-bond acceptors (Lipinski definition) is 4. The van der Waals surface area contributed by atoms with Crippen LogP contribution < -0.4 is 0 Å². The third-order valence-electron chi connectivity index (χ3n) is 1.41. The minimum atomic E-state index is -0.375. The zero-order valence-electron chi connectivity index (χ0n) is 8.20. The van der Waals surface area contributed by atoms with Gasteiger partial charge in [-0.25, -0.2) is 0 Å². The summed E-state index contributed by atoms with van der Waals surface area (Å²) in [6, 6.07) is 0. The molecule has 0 aliphatic heterocycles. The molecule has 1 unspecified atom stereocenters. The Labute approximate surface area is 104 Å². The van der Waals surface area contributed by atoms with E-state index in [0.717, 1.165) is 6.08 Å². The molecule has 0 heterocycles. The summed E-state index contributed by atoms with van der Waals surface area (Å²) in [4.78, 5) is 22.2. The molecule has 0 amide bonds. The molecule has 0 aromatic carbocycles. The van der Waals surface area contributed by atoms with Crippen LogP contribution in [0.5, 0.6) is 0 Å². The van der Waals surface area contributed by atoms with E-state index in [0.29, 0.717) is 6.61 Å². The van der Waals surface area contributed by atoms with Crippen molar-refractivity contribution in [2.75, 3.05) is 6.61 Å². The number of rotatable bonds is 6. The van der Waals surface area contributed by atoms with Gasteiger partial charge in [0.2, 0.25) is 0 Å². The standard InChI is InChI=1S/C9H12Cl2O3S/c1-2-14-9(13)5-7(15)3-6(12)4-8(10)11/h4,7,15H,2-3,5H2,1H3. The highest BCUT2D eigenvalue weighted by atomic mass is 35.5. The maximum atomic E-state index is 11.2. The van der Waals surface area contributed by atoms with Gasteiger partial charge in [-0.2, -0.15) is 12.6 Å². The van der Waals surface area contributed by atoms with Crippen molar-refractivity contribution in [3.05, 3.63) is 10.6 Å². The van der Waals surface area contributed by atoms with Crippen molar-refractivity contribution in [2.45, 2.75) is 25.0 Å². The van der Waals surface area contributed by atoms with Crippen molar-refractivity contribution in [3.63, 3.8) is 0 Å². The van der Waals surface area contributed by atoms with Crippen molar-refractivity contribution in [3.8, 4) is 0 Å². The lowest BCUT2D eigenvalue weighted by molar-refractivity contribution is -0.143. The smallest absolute Gasteiger partial charge is 0.306 e. The third kappa shape index (κ3) is 8.78. The number of thiol groups is 1. The van der Waals surface area contributed by atoms with Gasteiger partial charge in [-0.15, -0.1) is 0 Å². The molecule has 1 atom stereocenters. The van der Waals surface area contributed by atoms with Crippen LogP contribution in [0.1, 0.15) is 19.8 Å². The molecule has 0 aliphatic carbocycles. The van der Waals surface area contributed by atoms with Gasteiger partial charge >= 0.3 is 5.97 Å². The average Bonchev–Trinajstić information content (AvgIpc) is 2.00. The Bertz CT molecular complexity index is 262.